The maximum Gasteiger partial charge on any atom is 0.411 e. The number of sulfonamides is 1. The molecule has 0 radical (unpaired) electrons. The van der Waals surface area contributed by atoms with Gasteiger partial charge >= 0.3 is 6.09 Å². The van der Waals surface area contributed by atoms with Crippen LogP contribution in [-0.2, 0) is 14.8 Å². The van der Waals surface area contributed by atoms with Gasteiger partial charge in [0, 0.05) is 24.5 Å². The van der Waals surface area contributed by atoms with Crippen molar-refractivity contribution >= 4 is 21.8 Å². The quantitative estimate of drug-likeness (QED) is 0.826. The Morgan fingerprint density at radius 3 is 2.67 bits per heavy atom. The predicted molar refractivity (Wildman–Crippen MR) is 97.0 cm³/mol. The van der Waals surface area contributed by atoms with E-state index in [-0.39, 0.29) is 17.5 Å². The average Bonchev–Trinajstić information content (AvgIpc) is 3.11. The fourth-order valence-electron chi connectivity index (χ4n) is 2.71. The predicted octanol–water partition coefficient (Wildman–Crippen LogP) is 1.81. The molecule has 0 spiro atoms. The average molecular weight is 392 g/mol. The summed E-state index contributed by atoms with van der Waals surface area (Å²) in [6.45, 7) is 2.36. The van der Waals surface area contributed by atoms with Gasteiger partial charge in [-0.3, -0.25) is 5.32 Å². The van der Waals surface area contributed by atoms with Gasteiger partial charge in [0.05, 0.1) is 18.6 Å². The molecular formula is C17H20N4O5S. The molecule has 1 aromatic carbocycles. The molecule has 10 heteroatoms. The summed E-state index contributed by atoms with van der Waals surface area (Å²) >= 11 is 0. The zero-order valence-corrected chi connectivity index (χ0v) is 15.8. The highest BCUT2D eigenvalue weighted by Crippen LogP contribution is 2.24. The molecule has 1 N–H and O–H groups in total. The lowest BCUT2D eigenvalue weighted by atomic mass is 10.3. The van der Waals surface area contributed by atoms with Crippen molar-refractivity contribution < 1.29 is 22.7 Å². The van der Waals surface area contributed by atoms with Crippen LogP contribution in [-0.4, -0.2) is 55.1 Å². The van der Waals surface area contributed by atoms with Crippen molar-refractivity contribution in [3.8, 4) is 5.88 Å². The summed E-state index contributed by atoms with van der Waals surface area (Å²) in [6, 6.07) is 7.57. The molecule has 1 aliphatic heterocycles. The number of ether oxygens (including phenoxy) is 2. The summed E-state index contributed by atoms with van der Waals surface area (Å²) < 4.78 is 37.3. The minimum absolute atomic E-state index is 0.149. The second kappa shape index (κ2) is 7.89. The van der Waals surface area contributed by atoms with Crippen molar-refractivity contribution in [2.75, 3.05) is 25.5 Å². The van der Waals surface area contributed by atoms with Crippen LogP contribution >= 0.6 is 0 Å². The Bertz CT molecular complexity index is 917. The van der Waals surface area contributed by atoms with E-state index < -0.39 is 16.1 Å². The molecule has 9 nitrogen and oxygen atoms in total. The summed E-state index contributed by atoms with van der Waals surface area (Å²) in [5, 5.41) is 2.48. The summed E-state index contributed by atoms with van der Waals surface area (Å²) in [6.07, 6.45) is 1.29. The number of hydrogen-bond donors (Lipinski definition) is 1. The third-order valence-electron chi connectivity index (χ3n) is 4.07. The van der Waals surface area contributed by atoms with Crippen molar-refractivity contribution in [1.82, 2.24) is 14.3 Å². The molecule has 1 atom stereocenters. The van der Waals surface area contributed by atoms with Crippen molar-refractivity contribution in [2.24, 2.45) is 0 Å². The second-order valence-corrected chi connectivity index (χ2v) is 7.91. The highest BCUT2D eigenvalue weighted by Gasteiger charge is 2.33. The molecule has 3 rings (SSSR count). The molecule has 0 saturated carbocycles. The molecule has 1 amide bonds. The Hall–Kier alpha value is -2.72. The van der Waals surface area contributed by atoms with Crippen molar-refractivity contribution in [2.45, 2.75) is 24.3 Å². The third kappa shape index (κ3) is 4.52. The number of carbonyl (C=O) groups is 1. The molecule has 144 valence electrons. The van der Waals surface area contributed by atoms with Crippen LogP contribution in [0.3, 0.4) is 0 Å². The molecule has 2 aromatic rings. The maximum atomic E-state index is 12.8. The van der Waals surface area contributed by atoms with Gasteiger partial charge in [-0.15, -0.1) is 0 Å². The molecule has 27 heavy (non-hydrogen) atoms. The lowest BCUT2D eigenvalue weighted by molar-refractivity contribution is 0.187. The normalized spacial score (nSPS) is 17.5. The molecule has 0 aliphatic carbocycles. The summed E-state index contributed by atoms with van der Waals surface area (Å²) in [5.41, 5.74) is 0.447. The van der Waals surface area contributed by atoms with E-state index in [1.807, 2.05) is 0 Å². The second-order valence-electron chi connectivity index (χ2n) is 5.97. The first kappa shape index (κ1) is 19.1. The van der Waals surface area contributed by atoms with Gasteiger partial charge in [0.2, 0.25) is 15.9 Å². The number of benzene rings is 1. The van der Waals surface area contributed by atoms with E-state index in [4.69, 9.17) is 4.74 Å². The van der Waals surface area contributed by atoms with Crippen LogP contribution in [0.5, 0.6) is 5.88 Å². The zero-order valence-electron chi connectivity index (χ0n) is 15.0. The van der Waals surface area contributed by atoms with Gasteiger partial charge < -0.3 is 9.47 Å². The highest BCUT2D eigenvalue weighted by atomic mass is 32.2. The van der Waals surface area contributed by atoms with E-state index in [0.29, 0.717) is 30.4 Å². The van der Waals surface area contributed by atoms with Crippen molar-refractivity contribution in [3.63, 3.8) is 0 Å². The van der Waals surface area contributed by atoms with Gasteiger partial charge in [-0.1, -0.05) is 0 Å². The van der Waals surface area contributed by atoms with Gasteiger partial charge in [0.25, 0.3) is 0 Å². The van der Waals surface area contributed by atoms with Gasteiger partial charge in [-0.05, 0) is 37.6 Å². The first-order valence-corrected chi connectivity index (χ1v) is 9.74. The number of carbonyl (C=O) groups excluding carboxylic acids is 1. The van der Waals surface area contributed by atoms with E-state index in [0.717, 1.165) is 0 Å². The molecule has 1 saturated heterocycles. The minimum Gasteiger partial charge on any atom is -0.473 e. The fraction of sp³-hybridized carbons (Fsp3) is 0.353. The summed E-state index contributed by atoms with van der Waals surface area (Å²) in [4.78, 5) is 19.5. The number of nitrogens with zero attached hydrogens (tertiary/aromatic N) is 3. The standard InChI is InChI=1S/C17H20N4O5S/c1-12-18-9-7-16(19-12)26-14-8-10-21(11-14)27(23,24)15-5-3-13(4-6-15)20-17(22)25-2/h3-7,9,14H,8,10-11H2,1-2H3,(H,20,22). The van der Waals surface area contributed by atoms with Crippen LogP contribution in [0.25, 0.3) is 0 Å². The van der Waals surface area contributed by atoms with Gasteiger partial charge in [-0.2, -0.15) is 9.29 Å². The van der Waals surface area contributed by atoms with Crippen molar-refractivity contribution in [1.29, 1.82) is 0 Å². The largest absolute Gasteiger partial charge is 0.473 e. The molecule has 0 bridgehead atoms. The monoisotopic (exact) mass is 392 g/mol. The third-order valence-corrected chi connectivity index (χ3v) is 5.95. The first-order valence-electron chi connectivity index (χ1n) is 8.30. The topological polar surface area (TPSA) is 111 Å². The van der Waals surface area contributed by atoms with Crippen molar-refractivity contribution in [3.05, 3.63) is 42.4 Å². The number of aryl methyl sites for hydroxylation is 1. The molecule has 1 fully saturated rings. The van der Waals surface area contributed by atoms with Crippen LogP contribution in [0.1, 0.15) is 12.2 Å². The van der Waals surface area contributed by atoms with E-state index in [2.05, 4.69) is 20.0 Å². The lowest BCUT2D eigenvalue weighted by Gasteiger charge is -2.17. The fourth-order valence-corrected chi connectivity index (χ4v) is 4.20. The van der Waals surface area contributed by atoms with E-state index >= 15 is 0 Å². The Balaban J connectivity index is 1.66. The minimum atomic E-state index is -3.65. The maximum absolute atomic E-state index is 12.8. The van der Waals surface area contributed by atoms with E-state index in [1.54, 1.807) is 19.2 Å². The Morgan fingerprint density at radius 1 is 1.26 bits per heavy atom. The molecule has 1 aliphatic rings. The van der Waals surface area contributed by atoms with Crippen LogP contribution in [0.2, 0.25) is 0 Å². The first-order chi connectivity index (χ1) is 12.9. The molecule has 2 heterocycles. The lowest BCUT2D eigenvalue weighted by Crippen LogP contribution is -2.31. The number of amides is 1. The highest BCUT2D eigenvalue weighted by molar-refractivity contribution is 7.89. The van der Waals surface area contributed by atoms with Crippen LogP contribution in [0.4, 0.5) is 10.5 Å². The zero-order chi connectivity index (χ0) is 19.4. The summed E-state index contributed by atoms with van der Waals surface area (Å²) in [5.74, 6) is 1.03. The SMILES string of the molecule is COC(=O)Nc1ccc(S(=O)(=O)N2CCC(Oc3ccnc(C)n3)C2)cc1. The summed E-state index contributed by atoms with van der Waals surface area (Å²) in [7, 11) is -2.39. The van der Waals surface area contributed by atoms with Crippen LogP contribution in [0.15, 0.2) is 41.4 Å². The van der Waals surface area contributed by atoms with Gasteiger partial charge in [0.15, 0.2) is 0 Å². The number of nitrogens with one attached hydrogen (secondary N) is 1. The van der Waals surface area contributed by atoms with E-state index in [1.165, 1.54) is 35.7 Å². The number of hydrogen-bond acceptors (Lipinski definition) is 7. The van der Waals surface area contributed by atoms with Gasteiger partial charge in [-0.25, -0.2) is 18.2 Å². The van der Waals surface area contributed by atoms with Crippen LogP contribution < -0.4 is 10.1 Å². The number of anilines is 1. The number of rotatable bonds is 5. The Morgan fingerprint density at radius 2 is 2.00 bits per heavy atom. The smallest absolute Gasteiger partial charge is 0.411 e. The molecule has 1 aromatic heterocycles. The van der Waals surface area contributed by atoms with Gasteiger partial charge in [0.1, 0.15) is 11.9 Å². The molecular weight excluding hydrogens is 372 g/mol. The number of aromatic nitrogens is 2. The van der Waals surface area contributed by atoms with E-state index in [9.17, 15) is 13.2 Å². The molecule has 1 unspecified atom stereocenters. The van der Waals surface area contributed by atoms with Crippen LogP contribution in [0, 0.1) is 6.92 Å². The number of methoxy groups -OCH3 is 1. The Labute approximate surface area is 157 Å². The Kier molecular flexibility index (Phi) is 5.57.